The van der Waals surface area contributed by atoms with Crippen LogP contribution in [-0.2, 0) is 35.1 Å². The third kappa shape index (κ3) is 8.97. The van der Waals surface area contributed by atoms with E-state index in [0.717, 1.165) is 36.8 Å². The second-order valence-corrected chi connectivity index (χ2v) is 13.5. The first-order valence-electron chi connectivity index (χ1n) is 15.8. The first kappa shape index (κ1) is 36.1. The molecule has 0 fully saturated rings. The lowest BCUT2D eigenvalue weighted by Crippen LogP contribution is -2.53. The van der Waals surface area contributed by atoms with E-state index in [2.05, 4.69) is 20.9 Å². The molecule has 2 heterocycles. The van der Waals surface area contributed by atoms with Crippen LogP contribution >= 0.6 is 11.8 Å². The monoisotopic (exact) mass is 673 g/mol. The molecule has 0 saturated carbocycles. The van der Waals surface area contributed by atoms with Crippen molar-refractivity contribution in [1.29, 1.82) is 0 Å². The van der Waals surface area contributed by atoms with Crippen LogP contribution < -0.4 is 21.3 Å². The van der Waals surface area contributed by atoms with Gasteiger partial charge in [-0.3, -0.25) is 29.5 Å². The molecule has 4 rings (SSSR count). The molecule has 0 radical (unpaired) electrons. The number of aliphatic hydroxyl groups is 1. The third-order valence-corrected chi connectivity index (χ3v) is 10.4. The van der Waals surface area contributed by atoms with Crippen molar-refractivity contribution in [3.63, 3.8) is 0 Å². The number of carbonyl (C=O) groups excluding carboxylic acids is 3. The summed E-state index contributed by atoms with van der Waals surface area (Å²) in [4.78, 5) is 66.3. The van der Waals surface area contributed by atoms with E-state index in [1.54, 1.807) is 19.4 Å². The molecule has 7 N–H and O–H groups in total. The Kier molecular flexibility index (Phi) is 12.5. The first-order chi connectivity index (χ1) is 22.5. The minimum absolute atomic E-state index is 0.0168. The molecule has 1 aliphatic heterocycles. The van der Waals surface area contributed by atoms with Crippen LogP contribution in [0.4, 0.5) is 0 Å². The maximum Gasteiger partial charge on any atom is 0.353 e. The van der Waals surface area contributed by atoms with Crippen LogP contribution in [0.5, 0.6) is 0 Å². The number of carboxylic acid groups (broad SMARTS) is 2. The second-order valence-electron chi connectivity index (χ2n) is 12.1. The number of thioether (sulfide) groups is 1. The van der Waals surface area contributed by atoms with Crippen LogP contribution in [0.25, 0.3) is 0 Å². The Morgan fingerprint density at radius 1 is 1.13 bits per heavy atom. The molecule has 1 aromatic heterocycles. The number of nitrogens with one attached hydrogen (secondary N) is 4. The fraction of sp³-hybridized carbons (Fsp3) is 0.562. The minimum Gasteiger partial charge on any atom is -0.480 e. The first-order valence-corrected chi connectivity index (χ1v) is 16.8. The van der Waals surface area contributed by atoms with Gasteiger partial charge in [0.05, 0.1) is 4.75 Å². The van der Waals surface area contributed by atoms with Crippen molar-refractivity contribution >= 4 is 41.5 Å². The van der Waals surface area contributed by atoms with E-state index in [1.807, 2.05) is 30.4 Å². The molecule has 1 aromatic rings. The van der Waals surface area contributed by atoms with E-state index in [1.165, 1.54) is 17.3 Å². The van der Waals surface area contributed by atoms with Crippen LogP contribution in [-0.4, -0.2) is 92.6 Å². The Hall–Kier alpha value is -3.79. The number of ether oxygens (including phenoxy) is 1. The molecule has 0 unspecified atom stereocenters. The number of carboxylic acids is 2. The van der Waals surface area contributed by atoms with Crippen molar-refractivity contribution in [3.8, 4) is 0 Å². The Morgan fingerprint density at radius 2 is 1.87 bits per heavy atom. The van der Waals surface area contributed by atoms with Gasteiger partial charge < -0.3 is 36.0 Å². The van der Waals surface area contributed by atoms with Gasteiger partial charge in [-0.1, -0.05) is 25.0 Å². The molecular formula is C32H43N5O9S. The molecular weight excluding hydrogens is 630 g/mol. The Labute approximate surface area is 277 Å². The molecule has 0 saturated heterocycles. The Morgan fingerprint density at radius 3 is 2.53 bits per heavy atom. The minimum atomic E-state index is -2.19. The van der Waals surface area contributed by atoms with Gasteiger partial charge in [-0.15, -0.1) is 11.8 Å². The summed E-state index contributed by atoms with van der Waals surface area (Å²) < 4.78 is 5.36. The standard InChI is InChI=1S/C32H43N5O9S/c1-3-9-32(10-6-20-14-19(13-18-7-11-34-12-8-18)15-21-25(20)26(32)46-31(21)45)47-16-23(27(39)37-28(40)30(43)44)36-24(38)5-4-22(29(41)42)35-17-33-2/h7-8,11-12,15,20-23,28,33,35,40H,3-6,9-10,13-14,16-17H2,1-2H3,(H,36,38)(H,37,39)(H,41,42)(H,43,44)/t20-,21+,22-,23-,28-,32-/m0/s1. The largest absolute Gasteiger partial charge is 0.480 e. The van der Waals surface area contributed by atoms with E-state index in [9.17, 15) is 34.2 Å². The Bertz CT molecular complexity index is 1400. The van der Waals surface area contributed by atoms with Crippen LogP contribution in [0.3, 0.4) is 0 Å². The highest BCUT2D eigenvalue weighted by molar-refractivity contribution is 8.00. The van der Waals surface area contributed by atoms with Gasteiger partial charge in [-0.05, 0) is 74.8 Å². The van der Waals surface area contributed by atoms with Crippen LogP contribution in [0, 0.1) is 11.8 Å². The molecule has 14 nitrogen and oxygen atoms in total. The van der Waals surface area contributed by atoms with E-state index < -0.39 is 52.7 Å². The summed E-state index contributed by atoms with van der Waals surface area (Å²) in [5, 5.41) is 38.5. The molecule has 2 aliphatic carbocycles. The van der Waals surface area contributed by atoms with Gasteiger partial charge in [0, 0.05) is 31.2 Å². The molecule has 2 amide bonds. The van der Waals surface area contributed by atoms with Crippen molar-refractivity contribution < 1.29 is 44.0 Å². The number of hydrogen-bond acceptors (Lipinski definition) is 11. The normalized spacial score (nSPS) is 23.6. The maximum absolute atomic E-state index is 13.3. The van der Waals surface area contributed by atoms with Crippen molar-refractivity contribution in [2.45, 2.75) is 81.3 Å². The molecule has 0 aromatic carbocycles. The van der Waals surface area contributed by atoms with Crippen LogP contribution in [0.15, 0.2) is 47.5 Å². The zero-order chi connectivity index (χ0) is 34.1. The molecule has 6 atom stereocenters. The predicted molar refractivity (Wildman–Crippen MR) is 172 cm³/mol. The van der Waals surface area contributed by atoms with Gasteiger partial charge in [0.25, 0.3) is 0 Å². The van der Waals surface area contributed by atoms with E-state index in [0.29, 0.717) is 18.6 Å². The number of aromatic nitrogens is 1. The van der Waals surface area contributed by atoms with Crippen molar-refractivity contribution in [3.05, 3.63) is 53.1 Å². The zero-order valence-electron chi connectivity index (χ0n) is 26.5. The number of hydrogen-bond donors (Lipinski definition) is 7. The topological polar surface area (TPSA) is 216 Å². The fourth-order valence-electron chi connectivity index (χ4n) is 6.50. The van der Waals surface area contributed by atoms with Crippen molar-refractivity contribution in [1.82, 2.24) is 26.3 Å². The van der Waals surface area contributed by atoms with Crippen LogP contribution in [0.1, 0.15) is 57.4 Å². The van der Waals surface area contributed by atoms with E-state index >= 15 is 0 Å². The number of carbonyl (C=O) groups is 5. The lowest BCUT2D eigenvalue weighted by molar-refractivity contribution is -0.151. The molecule has 0 spiro atoms. The van der Waals surface area contributed by atoms with E-state index in [-0.39, 0.29) is 37.2 Å². The lowest BCUT2D eigenvalue weighted by Gasteiger charge is -2.42. The molecule has 256 valence electrons. The number of allylic oxidation sites excluding steroid dienone is 1. The average Bonchev–Trinajstić information content (AvgIpc) is 3.38. The summed E-state index contributed by atoms with van der Waals surface area (Å²) in [5.74, 6) is -4.41. The number of aliphatic hydroxyl groups excluding tert-OH is 1. The smallest absolute Gasteiger partial charge is 0.353 e. The quantitative estimate of drug-likeness (QED) is 0.0660. The lowest BCUT2D eigenvalue weighted by atomic mass is 9.69. The van der Waals surface area contributed by atoms with Gasteiger partial charge in [-0.2, -0.15) is 0 Å². The highest BCUT2D eigenvalue weighted by Gasteiger charge is 2.52. The zero-order valence-corrected chi connectivity index (χ0v) is 27.3. The molecule has 3 aliphatic rings. The molecule has 15 heteroatoms. The van der Waals surface area contributed by atoms with Gasteiger partial charge in [0.15, 0.2) is 0 Å². The third-order valence-electron chi connectivity index (χ3n) is 8.72. The van der Waals surface area contributed by atoms with Gasteiger partial charge in [0.2, 0.25) is 18.0 Å². The summed E-state index contributed by atoms with van der Waals surface area (Å²) in [7, 11) is 1.64. The van der Waals surface area contributed by atoms with Gasteiger partial charge >= 0.3 is 17.9 Å². The SMILES string of the molecule is CCC[C@]1(SC[C@H](NC(=O)CC[C@H](NCNC)C(=O)O)C(=O)N[C@@H](O)C(=O)O)CC[C@H]2CC(Cc3ccncc3)=C[C@H]3C(=O)OC1=C23. The maximum atomic E-state index is 13.3. The average molecular weight is 674 g/mol. The number of nitrogens with zero attached hydrogens (tertiary/aromatic N) is 1. The van der Waals surface area contributed by atoms with Gasteiger partial charge in [0.1, 0.15) is 23.8 Å². The number of rotatable bonds is 18. The van der Waals surface area contributed by atoms with Crippen molar-refractivity contribution in [2.24, 2.45) is 11.8 Å². The number of pyridine rings is 1. The van der Waals surface area contributed by atoms with E-state index in [4.69, 9.17) is 9.84 Å². The highest BCUT2D eigenvalue weighted by atomic mass is 32.2. The summed E-state index contributed by atoms with van der Waals surface area (Å²) in [6.45, 7) is 2.22. The van der Waals surface area contributed by atoms with Crippen LogP contribution in [0.2, 0.25) is 0 Å². The Balaban J connectivity index is 1.54. The fourth-order valence-corrected chi connectivity index (χ4v) is 8.12. The van der Waals surface area contributed by atoms with Gasteiger partial charge in [-0.25, -0.2) is 4.79 Å². The summed E-state index contributed by atoms with van der Waals surface area (Å²) in [5.41, 5.74) is 3.26. The second kappa shape index (κ2) is 16.4. The highest BCUT2D eigenvalue weighted by Crippen LogP contribution is 2.56. The summed E-state index contributed by atoms with van der Waals surface area (Å²) >= 11 is 1.36. The molecule has 0 bridgehead atoms. The molecule has 47 heavy (non-hydrogen) atoms. The number of amides is 2. The number of esters is 1. The summed E-state index contributed by atoms with van der Waals surface area (Å²) in [6, 6.07) is 1.64. The predicted octanol–water partition coefficient (Wildman–Crippen LogP) is 1.07. The summed E-state index contributed by atoms with van der Waals surface area (Å²) in [6.07, 6.45) is 7.38. The number of aliphatic carboxylic acids is 2. The van der Waals surface area contributed by atoms with Crippen molar-refractivity contribution in [2.75, 3.05) is 19.5 Å².